The van der Waals surface area contributed by atoms with Crippen LogP contribution in [0.3, 0.4) is 0 Å². The fourth-order valence-corrected chi connectivity index (χ4v) is 1.84. The molecule has 0 amide bonds. The van der Waals surface area contributed by atoms with Gasteiger partial charge in [0.1, 0.15) is 11.6 Å². The zero-order valence-electron chi connectivity index (χ0n) is 9.65. The zero-order chi connectivity index (χ0) is 13.8. The van der Waals surface area contributed by atoms with Crippen LogP contribution >= 0.6 is 23.2 Å². The van der Waals surface area contributed by atoms with Gasteiger partial charge in [-0.1, -0.05) is 29.3 Å². The number of rotatable bonds is 3. The predicted octanol–water partition coefficient (Wildman–Crippen LogP) is 4.11. The Balaban J connectivity index is 2.37. The number of Topliss-reactive ketones (excluding diaryl/α,β-unsaturated/α-hetero) is 1. The second-order valence-electron chi connectivity index (χ2n) is 3.76. The number of nitrogens with zero attached hydrogens (tertiary/aromatic N) is 1. The third-order valence-electron chi connectivity index (χ3n) is 2.46. The number of nitrogens with one attached hydrogen (secondary N) is 1. The molecule has 0 bridgehead atoms. The molecule has 19 heavy (non-hydrogen) atoms. The second kappa shape index (κ2) is 5.75. The Labute approximate surface area is 120 Å². The van der Waals surface area contributed by atoms with Crippen molar-refractivity contribution in [3.63, 3.8) is 0 Å². The van der Waals surface area contributed by atoms with E-state index in [1.54, 1.807) is 36.5 Å². The fourth-order valence-electron chi connectivity index (χ4n) is 1.53. The van der Waals surface area contributed by atoms with Gasteiger partial charge in [-0.25, -0.2) is 0 Å². The molecule has 1 heterocycles. The number of carbonyl (C=O) groups is 1. The van der Waals surface area contributed by atoms with Gasteiger partial charge in [-0.2, -0.15) is 5.26 Å². The number of hydrogen-bond donors (Lipinski definition) is 1. The average molecular weight is 291 g/mol. The minimum absolute atomic E-state index is 0.0286. The van der Waals surface area contributed by atoms with Crippen LogP contribution in [-0.4, -0.2) is 10.8 Å². The molecule has 0 saturated heterocycles. The highest BCUT2D eigenvalue weighted by Gasteiger charge is 2.12. The number of allylic oxidation sites excluding steroid dienone is 1. The van der Waals surface area contributed by atoms with Gasteiger partial charge in [-0.3, -0.25) is 4.79 Å². The van der Waals surface area contributed by atoms with Crippen molar-refractivity contribution < 1.29 is 4.79 Å². The first-order valence-electron chi connectivity index (χ1n) is 5.37. The summed E-state index contributed by atoms with van der Waals surface area (Å²) in [5.74, 6) is -0.362. The molecule has 0 spiro atoms. The number of H-pyrrole nitrogens is 1. The van der Waals surface area contributed by atoms with Crippen molar-refractivity contribution in [3.8, 4) is 6.07 Å². The predicted molar refractivity (Wildman–Crippen MR) is 75.2 cm³/mol. The summed E-state index contributed by atoms with van der Waals surface area (Å²) in [7, 11) is 0. The molecule has 0 atom stereocenters. The second-order valence-corrected chi connectivity index (χ2v) is 4.57. The summed E-state index contributed by atoms with van der Waals surface area (Å²) in [4.78, 5) is 14.8. The smallest absolute Gasteiger partial charge is 0.219 e. The Bertz CT molecular complexity index is 682. The molecule has 3 nitrogen and oxygen atoms in total. The first kappa shape index (κ1) is 13.4. The van der Waals surface area contributed by atoms with Crippen LogP contribution < -0.4 is 0 Å². The normalized spacial score (nSPS) is 11.1. The van der Waals surface area contributed by atoms with Crippen molar-refractivity contribution >= 4 is 35.1 Å². The number of nitriles is 1. The van der Waals surface area contributed by atoms with E-state index in [1.165, 1.54) is 6.08 Å². The topological polar surface area (TPSA) is 56.6 Å². The van der Waals surface area contributed by atoms with Gasteiger partial charge in [-0.05, 0) is 35.9 Å². The van der Waals surface area contributed by atoms with E-state index in [9.17, 15) is 4.79 Å². The lowest BCUT2D eigenvalue weighted by Crippen LogP contribution is -2.02. The lowest BCUT2D eigenvalue weighted by atomic mass is 10.1. The van der Waals surface area contributed by atoms with E-state index in [2.05, 4.69) is 4.98 Å². The molecule has 0 aliphatic heterocycles. The molecule has 2 aromatic rings. The van der Waals surface area contributed by atoms with Gasteiger partial charge < -0.3 is 4.98 Å². The van der Waals surface area contributed by atoms with E-state index in [-0.39, 0.29) is 11.4 Å². The van der Waals surface area contributed by atoms with Gasteiger partial charge in [0, 0.05) is 6.20 Å². The number of hydrogen-bond acceptors (Lipinski definition) is 2. The van der Waals surface area contributed by atoms with Crippen LogP contribution in [0.4, 0.5) is 0 Å². The summed E-state index contributed by atoms with van der Waals surface area (Å²) < 4.78 is 0. The van der Waals surface area contributed by atoms with Crippen molar-refractivity contribution in [1.29, 1.82) is 5.26 Å². The molecular weight excluding hydrogens is 283 g/mol. The molecule has 0 radical (unpaired) electrons. The van der Waals surface area contributed by atoms with Crippen molar-refractivity contribution in [2.75, 3.05) is 0 Å². The van der Waals surface area contributed by atoms with E-state index in [4.69, 9.17) is 28.5 Å². The molecule has 1 aromatic carbocycles. The number of aromatic amines is 1. The SMILES string of the molecule is N#C/C(=C/c1ccc(Cl)c(Cl)c1)C(=O)c1ccc[nH]1. The Kier molecular flexibility index (Phi) is 4.06. The van der Waals surface area contributed by atoms with Gasteiger partial charge in [0.15, 0.2) is 0 Å². The Morgan fingerprint density at radius 2 is 2.05 bits per heavy atom. The Morgan fingerprint density at radius 3 is 2.63 bits per heavy atom. The molecular formula is C14H8Cl2N2O. The maximum absolute atomic E-state index is 12.0. The minimum Gasteiger partial charge on any atom is -0.358 e. The van der Waals surface area contributed by atoms with Crippen molar-refractivity contribution in [1.82, 2.24) is 4.98 Å². The largest absolute Gasteiger partial charge is 0.358 e. The lowest BCUT2D eigenvalue weighted by molar-refractivity contribution is 0.103. The van der Waals surface area contributed by atoms with E-state index in [0.717, 1.165) is 0 Å². The minimum atomic E-state index is -0.362. The monoisotopic (exact) mass is 290 g/mol. The first-order chi connectivity index (χ1) is 9.11. The standard InChI is InChI=1S/C14H8Cl2N2O/c15-11-4-3-9(7-12(11)16)6-10(8-17)14(19)13-2-1-5-18-13/h1-7,18H/b10-6-. The number of ketones is 1. The van der Waals surface area contributed by atoms with Crippen molar-refractivity contribution in [2.45, 2.75) is 0 Å². The van der Waals surface area contributed by atoms with Crippen molar-refractivity contribution in [3.05, 3.63) is 63.4 Å². The van der Waals surface area contributed by atoms with E-state index < -0.39 is 0 Å². The Hall–Kier alpha value is -2.02. The van der Waals surface area contributed by atoms with E-state index in [1.807, 2.05) is 6.07 Å². The summed E-state index contributed by atoms with van der Waals surface area (Å²) in [5, 5.41) is 9.87. The highest BCUT2D eigenvalue weighted by molar-refractivity contribution is 6.42. The van der Waals surface area contributed by atoms with Gasteiger partial charge >= 0.3 is 0 Å². The number of benzene rings is 1. The number of halogens is 2. The number of aromatic nitrogens is 1. The molecule has 0 aliphatic rings. The number of carbonyl (C=O) groups excluding carboxylic acids is 1. The maximum Gasteiger partial charge on any atom is 0.219 e. The average Bonchev–Trinajstić information content (AvgIpc) is 2.93. The van der Waals surface area contributed by atoms with Crippen LogP contribution in [0.15, 0.2) is 42.1 Å². The highest BCUT2D eigenvalue weighted by atomic mass is 35.5. The molecule has 2 rings (SSSR count). The van der Waals surface area contributed by atoms with Crippen LogP contribution in [0.1, 0.15) is 16.1 Å². The third-order valence-corrected chi connectivity index (χ3v) is 3.20. The van der Waals surface area contributed by atoms with Crippen LogP contribution in [0.25, 0.3) is 6.08 Å². The molecule has 0 fully saturated rings. The highest BCUT2D eigenvalue weighted by Crippen LogP contribution is 2.24. The lowest BCUT2D eigenvalue weighted by Gasteiger charge is -1.99. The van der Waals surface area contributed by atoms with Gasteiger partial charge in [0.05, 0.1) is 15.7 Å². The summed E-state index contributed by atoms with van der Waals surface area (Å²) in [5.41, 5.74) is 1.04. The van der Waals surface area contributed by atoms with Crippen LogP contribution in [-0.2, 0) is 0 Å². The van der Waals surface area contributed by atoms with Crippen LogP contribution in [0.5, 0.6) is 0 Å². The zero-order valence-corrected chi connectivity index (χ0v) is 11.2. The van der Waals surface area contributed by atoms with Gasteiger partial charge in [0.2, 0.25) is 5.78 Å². The van der Waals surface area contributed by atoms with Crippen LogP contribution in [0, 0.1) is 11.3 Å². The summed E-state index contributed by atoms with van der Waals surface area (Å²) >= 11 is 11.7. The van der Waals surface area contributed by atoms with Gasteiger partial charge in [0.25, 0.3) is 0 Å². The first-order valence-corrected chi connectivity index (χ1v) is 6.12. The molecule has 94 valence electrons. The maximum atomic E-state index is 12.0. The molecule has 0 aliphatic carbocycles. The molecule has 1 aromatic heterocycles. The summed E-state index contributed by atoms with van der Waals surface area (Å²) in [6.45, 7) is 0. The summed E-state index contributed by atoms with van der Waals surface area (Å²) in [6, 6.07) is 10.1. The van der Waals surface area contributed by atoms with E-state index in [0.29, 0.717) is 21.3 Å². The van der Waals surface area contributed by atoms with Crippen molar-refractivity contribution in [2.24, 2.45) is 0 Å². The van der Waals surface area contributed by atoms with E-state index >= 15 is 0 Å². The third kappa shape index (κ3) is 3.05. The molecule has 0 saturated carbocycles. The van der Waals surface area contributed by atoms with Gasteiger partial charge in [-0.15, -0.1) is 0 Å². The Morgan fingerprint density at radius 1 is 1.26 bits per heavy atom. The molecule has 5 heteroatoms. The molecule has 1 N–H and O–H groups in total. The van der Waals surface area contributed by atoms with Crippen LogP contribution in [0.2, 0.25) is 10.0 Å². The quantitative estimate of drug-likeness (QED) is 0.525. The fraction of sp³-hybridized carbons (Fsp3) is 0. The summed E-state index contributed by atoms with van der Waals surface area (Å²) in [6.07, 6.45) is 3.10. The molecule has 0 unspecified atom stereocenters.